The van der Waals surface area contributed by atoms with Crippen LogP contribution in [-0.4, -0.2) is 10.8 Å². The first-order chi connectivity index (χ1) is 7.24. The molecule has 0 radical (unpaired) electrons. The van der Waals surface area contributed by atoms with Crippen LogP contribution in [0.15, 0.2) is 30.5 Å². The molecule has 0 bridgehead atoms. The van der Waals surface area contributed by atoms with E-state index in [0.717, 1.165) is 11.1 Å². The third kappa shape index (κ3) is 1.50. The Bertz CT molecular complexity index is 471. The van der Waals surface area contributed by atoms with E-state index in [1.54, 1.807) is 6.20 Å². The quantitative estimate of drug-likeness (QED) is 0.640. The fourth-order valence-corrected chi connectivity index (χ4v) is 1.73. The summed E-state index contributed by atoms with van der Waals surface area (Å²) in [5, 5.41) is 9.08. The van der Waals surface area contributed by atoms with Gasteiger partial charge in [0.05, 0.1) is 6.07 Å². The van der Waals surface area contributed by atoms with Crippen LogP contribution in [-0.2, 0) is 4.79 Å². The van der Waals surface area contributed by atoms with Gasteiger partial charge in [-0.15, -0.1) is 0 Å². The van der Waals surface area contributed by atoms with Gasteiger partial charge in [0.25, 0.3) is 0 Å². The van der Waals surface area contributed by atoms with Gasteiger partial charge in [0.1, 0.15) is 6.04 Å². The second-order valence-electron chi connectivity index (χ2n) is 3.40. The van der Waals surface area contributed by atoms with Crippen LogP contribution in [0.5, 0.6) is 0 Å². The highest BCUT2D eigenvalue weighted by atomic mass is 16.2. The monoisotopic (exact) mass is 198 g/mol. The van der Waals surface area contributed by atoms with E-state index in [-0.39, 0.29) is 5.91 Å². The normalized spacial score (nSPS) is 18.1. The van der Waals surface area contributed by atoms with E-state index in [1.807, 2.05) is 30.3 Å². The number of hydrogen-bond acceptors (Lipinski definition) is 2. The Kier molecular flexibility index (Phi) is 2.26. The van der Waals surface area contributed by atoms with E-state index >= 15 is 0 Å². The van der Waals surface area contributed by atoms with Gasteiger partial charge in [-0.05, 0) is 17.2 Å². The van der Waals surface area contributed by atoms with Crippen LogP contribution in [0.1, 0.15) is 24.1 Å². The molecule has 0 spiro atoms. The SMILES string of the molecule is CC(=O)N1C=Cc2ccccc2[C@H]1C#N. The van der Waals surface area contributed by atoms with Crippen molar-refractivity contribution >= 4 is 12.0 Å². The highest BCUT2D eigenvalue weighted by molar-refractivity contribution is 5.78. The Balaban J connectivity index is 2.52. The number of nitrogens with zero attached hydrogens (tertiary/aromatic N) is 2. The Labute approximate surface area is 88.2 Å². The van der Waals surface area contributed by atoms with E-state index in [9.17, 15) is 4.79 Å². The van der Waals surface area contributed by atoms with Crippen molar-refractivity contribution in [2.24, 2.45) is 0 Å². The van der Waals surface area contributed by atoms with Gasteiger partial charge in [-0.25, -0.2) is 0 Å². The molecule has 0 saturated carbocycles. The molecule has 74 valence electrons. The largest absolute Gasteiger partial charge is 0.299 e. The molecule has 0 fully saturated rings. The number of rotatable bonds is 0. The maximum absolute atomic E-state index is 11.3. The van der Waals surface area contributed by atoms with Crippen LogP contribution in [0.25, 0.3) is 6.08 Å². The molecule has 1 amide bonds. The van der Waals surface area contributed by atoms with Crippen molar-refractivity contribution in [3.63, 3.8) is 0 Å². The molecule has 1 aromatic rings. The standard InChI is InChI=1S/C12H10N2O/c1-9(15)14-7-6-10-4-2-3-5-11(10)12(14)8-13/h2-7,12H,1H3/t12-/m1/s1. The summed E-state index contributed by atoms with van der Waals surface area (Å²) in [7, 11) is 0. The fourth-order valence-electron chi connectivity index (χ4n) is 1.73. The number of hydrogen-bond donors (Lipinski definition) is 0. The third-order valence-corrected chi connectivity index (χ3v) is 2.47. The highest BCUT2D eigenvalue weighted by Gasteiger charge is 2.25. The molecule has 0 aliphatic carbocycles. The predicted molar refractivity (Wildman–Crippen MR) is 56.4 cm³/mol. The summed E-state index contributed by atoms with van der Waals surface area (Å²) in [6.45, 7) is 1.46. The van der Waals surface area contributed by atoms with Crippen molar-refractivity contribution in [2.45, 2.75) is 13.0 Å². The molecular formula is C12H10N2O. The topological polar surface area (TPSA) is 44.1 Å². The minimum atomic E-state index is -0.497. The summed E-state index contributed by atoms with van der Waals surface area (Å²) < 4.78 is 0. The van der Waals surface area contributed by atoms with Crippen molar-refractivity contribution in [2.75, 3.05) is 0 Å². The molecule has 1 aliphatic heterocycles. The smallest absolute Gasteiger partial charge is 0.224 e. The van der Waals surface area contributed by atoms with Gasteiger partial charge >= 0.3 is 0 Å². The van der Waals surface area contributed by atoms with Gasteiger partial charge in [-0.2, -0.15) is 5.26 Å². The van der Waals surface area contributed by atoms with Crippen LogP contribution in [0, 0.1) is 11.3 Å². The molecule has 3 heteroatoms. The van der Waals surface area contributed by atoms with Crippen molar-refractivity contribution in [3.8, 4) is 6.07 Å². The lowest BCUT2D eigenvalue weighted by Crippen LogP contribution is -2.29. The number of benzene rings is 1. The zero-order chi connectivity index (χ0) is 10.8. The van der Waals surface area contributed by atoms with Crippen LogP contribution < -0.4 is 0 Å². The number of amides is 1. The average molecular weight is 198 g/mol. The van der Waals surface area contributed by atoms with Gasteiger partial charge in [-0.1, -0.05) is 24.3 Å². The predicted octanol–water partition coefficient (Wildman–Crippen LogP) is 2.08. The Morgan fingerprint density at radius 1 is 1.47 bits per heavy atom. The van der Waals surface area contributed by atoms with E-state index in [2.05, 4.69) is 6.07 Å². The van der Waals surface area contributed by atoms with Gasteiger partial charge < -0.3 is 0 Å². The summed E-state index contributed by atoms with van der Waals surface area (Å²) in [4.78, 5) is 12.7. The number of fused-ring (bicyclic) bond motifs is 1. The molecule has 1 atom stereocenters. The van der Waals surface area contributed by atoms with Gasteiger partial charge in [0, 0.05) is 13.1 Å². The minimum Gasteiger partial charge on any atom is -0.299 e. The van der Waals surface area contributed by atoms with Crippen molar-refractivity contribution in [1.82, 2.24) is 4.90 Å². The molecule has 3 nitrogen and oxygen atoms in total. The van der Waals surface area contributed by atoms with Crippen molar-refractivity contribution in [3.05, 3.63) is 41.6 Å². The van der Waals surface area contributed by atoms with E-state index in [4.69, 9.17) is 5.26 Å². The minimum absolute atomic E-state index is 0.118. The molecule has 0 aromatic heterocycles. The van der Waals surface area contributed by atoms with E-state index < -0.39 is 6.04 Å². The zero-order valence-corrected chi connectivity index (χ0v) is 8.34. The maximum Gasteiger partial charge on any atom is 0.224 e. The summed E-state index contributed by atoms with van der Waals surface area (Å²) >= 11 is 0. The number of nitriles is 1. The number of carbonyl (C=O) groups is 1. The molecule has 2 rings (SSSR count). The van der Waals surface area contributed by atoms with Crippen LogP contribution in [0.4, 0.5) is 0 Å². The van der Waals surface area contributed by atoms with Crippen molar-refractivity contribution in [1.29, 1.82) is 5.26 Å². The van der Waals surface area contributed by atoms with Gasteiger partial charge in [-0.3, -0.25) is 9.69 Å². The Hall–Kier alpha value is -2.08. The third-order valence-electron chi connectivity index (χ3n) is 2.47. The number of carbonyl (C=O) groups excluding carboxylic acids is 1. The second-order valence-corrected chi connectivity index (χ2v) is 3.40. The van der Waals surface area contributed by atoms with Crippen LogP contribution in [0.3, 0.4) is 0 Å². The lowest BCUT2D eigenvalue weighted by atomic mass is 9.97. The Morgan fingerprint density at radius 2 is 2.20 bits per heavy atom. The first-order valence-electron chi connectivity index (χ1n) is 4.69. The summed E-state index contributed by atoms with van der Waals surface area (Å²) in [6, 6.07) is 9.26. The lowest BCUT2D eigenvalue weighted by Gasteiger charge is -2.27. The molecule has 0 N–H and O–H groups in total. The molecule has 1 aliphatic rings. The molecular weight excluding hydrogens is 188 g/mol. The average Bonchev–Trinajstić information content (AvgIpc) is 2.27. The first-order valence-corrected chi connectivity index (χ1v) is 4.69. The molecule has 0 saturated heterocycles. The summed E-state index contributed by atoms with van der Waals surface area (Å²) in [6.07, 6.45) is 3.52. The highest BCUT2D eigenvalue weighted by Crippen LogP contribution is 2.29. The summed E-state index contributed by atoms with van der Waals surface area (Å²) in [5.74, 6) is -0.118. The molecule has 0 unspecified atom stereocenters. The van der Waals surface area contributed by atoms with Gasteiger partial charge in [0.15, 0.2) is 0 Å². The van der Waals surface area contributed by atoms with Crippen molar-refractivity contribution < 1.29 is 4.79 Å². The summed E-state index contributed by atoms with van der Waals surface area (Å²) in [5.41, 5.74) is 1.89. The molecule has 1 heterocycles. The zero-order valence-electron chi connectivity index (χ0n) is 8.34. The molecule has 1 aromatic carbocycles. The van der Waals surface area contributed by atoms with E-state index in [1.165, 1.54) is 11.8 Å². The first kappa shape index (κ1) is 9.47. The van der Waals surface area contributed by atoms with Crippen LogP contribution >= 0.6 is 0 Å². The Morgan fingerprint density at radius 3 is 2.87 bits per heavy atom. The second kappa shape index (κ2) is 3.58. The van der Waals surface area contributed by atoms with E-state index in [0.29, 0.717) is 0 Å². The van der Waals surface area contributed by atoms with Gasteiger partial charge in [0.2, 0.25) is 5.91 Å². The molecule has 15 heavy (non-hydrogen) atoms. The maximum atomic E-state index is 11.3. The lowest BCUT2D eigenvalue weighted by molar-refractivity contribution is -0.127. The van der Waals surface area contributed by atoms with Crippen LogP contribution in [0.2, 0.25) is 0 Å². The fraction of sp³-hybridized carbons (Fsp3) is 0.167.